The molecule has 3 saturated carbocycles. The summed E-state index contributed by atoms with van der Waals surface area (Å²) in [6, 6.07) is 20.3. The predicted molar refractivity (Wildman–Crippen MR) is 383 cm³/mol. The highest BCUT2D eigenvalue weighted by atomic mass is 19.1. The molecule has 25 nitrogen and oxygen atoms in total. The van der Waals surface area contributed by atoms with Crippen molar-refractivity contribution < 1.29 is 95.0 Å². The second-order valence-corrected chi connectivity index (χ2v) is 28.2. The van der Waals surface area contributed by atoms with Gasteiger partial charge in [0.15, 0.2) is 34.9 Å². The number of ether oxygens (including phenoxy) is 7. The van der Waals surface area contributed by atoms with Gasteiger partial charge in [0.2, 0.25) is 23.6 Å². The van der Waals surface area contributed by atoms with Crippen molar-refractivity contribution in [3.05, 3.63) is 119 Å². The summed E-state index contributed by atoms with van der Waals surface area (Å²) in [5, 5.41) is 25.1. The summed E-state index contributed by atoms with van der Waals surface area (Å²) in [4.78, 5) is 128. The predicted octanol–water partition coefficient (Wildman–Crippen LogP) is 7.69. The minimum Gasteiger partial charge on any atom is -0.445 e. The number of Topliss-reactive ketones (excluding diaryl/α,β-unsaturated/α-hetero) is 3. The van der Waals surface area contributed by atoms with Crippen LogP contribution in [0.15, 0.2) is 96.6 Å². The minimum atomic E-state index is -2.36. The lowest BCUT2D eigenvalue weighted by atomic mass is 9.44. The van der Waals surface area contributed by atoms with Crippen LogP contribution in [0, 0.1) is 46.3 Å². The summed E-state index contributed by atoms with van der Waals surface area (Å²) in [7, 11) is 0. The second-order valence-electron chi connectivity index (χ2n) is 28.2. The number of hydrogen-bond donors (Lipinski definition) is 7. The van der Waals surface area contributed by atoms with Crippen molar-refractivity contribution in [2.45, 2.75) is 174 Å². The molecule has 12 atom stereocenters. The van der Waals surface area contributed by atoms with Gasteiger partial charge in [-0.05, 0) is 123 Å². The van der Waals surface area contributed by atoms with E-state index in [9.17, 15) is 53.1 Å². The Morgan fingerprint density at radius 3 is 2.11 bits per heavy atom. The number of carbonyl (C=O) groups is 10. The Kier molecular flexibility index (Phi) is 29.7. The van der Waals surface area contributed by atoms with Gasteiger partial charge in [0.1, 0.15) is 18.6 Å². The van der Waals surface area contributed by atoms with Crippen LogP contribution in [-0.4, -0.2) is 178 Å². The van der Waals surface area contributed by atoms with Gasteiger partial charge in [-0.25, -0.2) is 18.4 Å². The largest absolute Gasteiger partial charge is 0.445 e. The molecule has 0 bridgehead atoms. The van der Waals surface area contributed by atoms with Gasteiger partial charge >= 0.3 is 12.1 Å². The maximum Gasteiger partial charge on any atom is 0.407 e. The SMILES string of the molecule is CC(=O)CCOCCOCCOCCOCCNC(=O)CCC(=O)N1Cc2ccccc2C#Cc2ccccc21.CCCC1O[C@@H]2C[C@H]3[C@@H]4C[C@H](F)C5=CC(=O)C=C[C@]5(C)[C@@]4(F)[C@@H](O)C[C@]3(C)[C@]2(C(=O)CNC(=O)OCc2ccc(NC(=O)[C@H](CCCNC(N)=O)CC(=O)[C@@H](NC(C)=O)C(C)C)cc2)O1. The van der Waals surface area contributed by atoms with Crippen LogP contribution in [0.4, 0.5) is 29.7 Å². The number of anilines is 2. The molecule has 0 radical (unpaired) electrons. The molecule has 4 aliphatic carbocycles. The first kappa shape index (κ1) is 82.0. The normalized spacial score (nSPS) is 25.0. The van der Waals surface area contributed by atoms with Crippen LogP contribution >= 0.6 is 0 Å². The second kappa shape index (κ2) is 38.1. The van der Waals surface area contributed by atoms with Crippen molar-refractivity contribution in [1.29, 1.82) is 0 Å². The molecule has 2 aliphatic heterocycles. The van der Waals surface area contributed by atoms with E-state index < -0.39 is 107 Å². The number of alkyl carbamates (subject to hydrolysis) is 1. The Labute approximate surface area is 611 Å². The number of allylic oxidation sites excluding steroid dienone is 4. The van der Waals surface area contributed by atoms with Crippen molar-refractivity contribution in [3.8, 4) is 11.8 Å². The molecule has 1 saturated heterocycles. The van der Waals surface area contributed by atoms with Crippen LogP contribution in [0.5, 0.6) is 0 Å². The van der Waals surface area contributed by atoms with Crippen LogP contribution in [0.25, 0.3) is 0 Å². The number of ketones is 4. The van der Waals surface area contributed by atoms with E-state index in [0.717, 1.165) is 28.5 Å². The molecule has 105 heavy (non-hydrogen) atoms. The zero-order chi connectivity index (χ0) is 76.1. The topological polar surface area (TPSA) is 345 Å². The number of hydrogen-bond acceptors (Lipinski definition) is 18. The quantitative estimate of drug-likeness (QED) is 0.0217. The fourth-order valence-corrected chi connectivity index (χ4v) is 15.3. The molecule has 27 heteroatoms. The highest BCUT2D eigenvalue weighted by Crippen LogP contribution is 2.72. The van der Waals surface area contributed by atoms with Gasteiger partial charge in [0, 0.05) is 85.2 Å². The molecule has 570 valence electrons. The number of benzene rings is 3. The van der Waals surface area contributed by atoms with Gasteiger partial charge < -0.3 is 75.5 Å². The van der Waals surface area contributed by atoms with Crippen molar-refractivity contribution in [2.75, 3.05) is 82.7 Å². The Morgan fingerprint density at radius 1 is 0.790 bits per heavy atom. The molecule has 3 aromatic carbocycles. The van der Waals surface area contributed by atoms with Gasteiger partial charge in [-0.2, -0.15) is 0 Å². The number of fused-ring (bicyclic) bond motifs is 9. The number of amides is 7. The van der Waals surface area contributed by atoms with E-state index >= 15 is 8.78 Å². The number of urea groups is 1. The lowest BCUT2D eigenvalue weighted by Gasteiger charge is -2.63. The third-order valence-electron chi connectivity index (χ3n) is 20.6. The first-order valence-electron chi connectivity index (χ1n) is 36.2. The number of halogens is 2. The minimum absolute atomic E-state index is 0.00422. The number of para-hydroxylation sites is 1. The van der Waals surface area contributed by atoms with Crippen molar-refractivity contribution in [3.63, 3.8) is 0 Å². The molecule has 7 amide bonds. The number of nitrogens with two attached hydrogens (primary N) is 1. The molecule has 9 rings (SSSR count). The average molecular weight is 1460 g/mol. The Hall–Kier alpha value is -8.62. The van der Waals surface area contributed by atoms with Crippen LogP contribution < -0.4 is 37.2 Å². The molecule has 6 aliphatic rings. The standard InChI is InChI=1S/C47H63F2N5O11.C31H38N2O7/c1-7-9-39-64-38-21-31-32-20-34(48)33-19-30(56)15-16-44(33,5)46(32,49)36(58)22-45(31,6)47(38,65-39)37(59)23-52-43(62)63-24-27-11-13-29(14-12-27)54-41(60)28(10-8-17-51-42(50)61)18-35(57)40(25(2)3)53-26(4)55;1-25(34)14-16-37-18-20-39-22-23-40-21-19-38-17-15-32-30(35)12-13-31(36)33-24-28-8-3-2-6-26(28)10-11-27-7-4-5-9-29(27)33/h11-16,19,25,28,31-32,34,36,38-40,58H,7-10,17-18,20-24H2,1-6H3,(H,52,62)(H,53,55)(H,54,60)(H3,50,51,61);2-9H,12-24H2,1H3,(H,32,35)/t28-,31+,32+,34+,36+,38-,39?,40+,44+,45+,46+,47-;/m1./s1. The molecule has 4 fully saturated rings. The molecule has 1 unspecified atom stereocenters. The molecule has 0 aromatic heterocycles. The number of rotatable bonds is 36. The van der Waals surface area contributed by atoms with Crippen LogP contribution in [0.2, 0.25) is 0 Å². The van der Waals surface area contributed by atoms with E-state index in [1.165, 1.54) is 32.9 Å². The summed E-state index contributed by atoms with van der Waals surface area (Å²) in [6.45, 7) is 15.2. The Morgan fingerprint density at radius 2 is 1.45 bits per heavy atom. The van der Waals surface area contributed by atoms with E-state index in [4.69, 9.17) is 38.9 Å². The van der Waals surface area contributed by atoms with E-state index in [1.807, 2.05) is 55.5 Å². The molecular formula is C78H101F2N7O18. The summed E-state index contributed by atoms with van der Waals surface area (Å²) in [5.74, 6) is 1.30. The number of nitrogens with one attached hydrogen (secondary N) is 5. The van der Waals surface area contributed by atoms with Gasteiger partial charge in [-0.15, -0.1) is 0 Å². The number of aliphatic hydroxyl groups excluding tert-OH is 1. The van der Waals surface area contributed by atoms with Crippen molar-refractivity contribution in [1.82, 2.24) is 21.3 Å². The zero-order valence-corrected chi connectivity index (χ0v) is 61.0. The highest BCUT2D eigenvalue weighted by molar-refractivity contribution is 6.02. The average Bonchev–Trinajstić information content (AvgIpc) is 1.55. The molecule has 0 spiro atoms. The number of aliphatic hydroxyl groups is 1. The molecule has 2 heterocycles. The van der Waals surface area contributed by atoms with E-state index in [0.29, 0.717) is 103 Å². The van der Waals surface area contributed by atoms with Gasteiger partial charge in [-0.1, -0.05) is 94.5 Å². The van der Waals surface area contributed by atoms with Crippen molar-refractivity contribution >= 4 is 70.3 Å². The third kappa shape index (κ3) is 20.5. The van der Waals surface area contributed by atoms with Gasteiger partial charge in [0.25, 0.3) is 0 Å². The molecule has 8 N–H and O–H groups in total. The van der Waals surface area contributed by atoms with Crippen LogP contribution in [0.1, 0.15) is 141 Å². The number of carbonyl (C=O) groups excluding carboxylic acids is 10. The lowest BCUT2D eigenvalue weighted by Crippen LogP contribution is -2.71. The maximum atomic E-state index is 17.8. The fourth-order valence-electron chi connectivity index (χ4n) is 15.3. The maximum absolute atomic E-state index is 17.8. The van der Waals surface area contributed by atoms with Crippen LogP contribution in [0.3, 0.4) is 0 Å². The number of nitrogens with zero attached hydrogens (tertiary/aromatic N) is 1. The van der Waals surface area contributed by atoms with Gasteiger partial charge in [-0.3, -0.25) is 38.4 Å². The molecule has 3 aromatic rings. The van der Waals surface area contributed by atoms with E-state index in [-0.39, 0.29) is 98.9 Å². The smallest absolute Gasteiger partial charge is 0.407 e. The fraction of sp³-hybridized carbons (Fsp3) is 0.564. The summed E-state index contributed by atoms with van der Waals surface area (Å²) >= 11 is 0. The number of primary amides is 1. The van der Waals surface area contributed by atoms with Crippen molar-refractivity contribution in [2.24, 2.45) is 40.2 Å². The zero-order valence-electron chi connectivity index (χ0n) is 61.0. The first-order valence-corrected chi connectivity index (χ1v) is 36.2. The van der Waals surface area contributed by atoms with E-state index in [2.05, 4.69) is 38.4 Å². The first-order chi connectivity index (χ1) is 50.1. The summed E-state index contributed by atoms with van der Waals surface area (Å²) in [6.07, 6.45) is -0.382. The Balaban J connectivity index is 0.000000298. The Bertz CT molecular complexity index is 3730. The monoisotopic (exact) mass is 1460 g/mol. The van der Waals surface area contributed by atoms with Gasteiger partial charge in [0.05, 0.1) is 89.9 Å². The highest BCUT2D eigenvalue weighted by Gasteiger charge is 2.80. The summed E-state index contributed by atoms with van der Waals surface area (Å²) in [5.41, 5.74) is 2.61. The third-order valence-corrected chi connectivity index (χ3v) is 20.6. The van der Waals surface area contributed by atoms with Crippen LogP contribution in [-0.2, 0) is 84.7 Å². The van der Waals surface area contributed by atoms with E-state index in [1.54, 1.807) is 49.9 Å². The number of alkyl halides is 2. The lowest BCUT2D eigenvalue weighted by molar-refractivity contribution is -0.233. The molecular weight excluding hydrogens is 1360 g/mol. The summed E-state index contributed by atoms with van der Waals surface area (Å²) < 4.78 is 73.7.